The van der Waals surface area contributed by atoms with Crippen LogP contribution in [0.5, 0.6) is 0 Å². The summed E-state index contributed by atoms with van der Waals surface area (Å²) < 4.78 is 10.2. The van der Waals surface area contributed by atoms with Crippen LogP contribution < -0.4 is 10.6 Å². The fourth-order valence-electron chi connectivity index (χ4n) is 1.75. The van der Waals surface area contributed by atoms with E-state index in [0.29, 0.717) is 29.8 Å². The molecule has 0 atom stereocenters. The molecular formula is C17H20N4O4S2. The van der Waals surface area contributed by atoms with Crippen molar-refractivity contribution >= 4 is 44.9 Å². The van der Waals surface area contributed by atoms with E-state index < -0.39 is 11.9 Å². The topological polar surface area (TPSA) is 102 Å². The van der Waals surface area contributed by atoms with Gasteiger partial charge in [-0.2, -0.15) is 0 Å². The van der Waals surface area contributed by atoms with Crippen LogP contribution in [-0.4, -0.2) is 48.2 Å². The van der Waals surface area contributed by atoms with Crippen molar-refractivity contribution in [2.75, 3.05) is 36.9 Å². The molecule has 0 aromatic carbocycles. The van der Waals surface area contributed by atoms with E-state index in [4.69, 9.17) is 9.47 Å². The molecule has 0 saturated carbocycles. The summed E-state index contributed by atoms with van der Waals surface area (Å²) in [7, 11) is 0. The summed E-state index contributed by atoms with van der Waals surface area (Å²) in [6.45, 7) is 8.58. The lowest BCUT2D eigenvalue weighted by Crippen LogP contribution is -2.12. The minimum Gasteiger partial charge on any atom is -0.461 e. The Morgan fingerprint density at radius 2 is 1.37 bits per heavy atom. The first kappa shape index (κ1) is 20.6. The highest BCUT2D eigenvalue weighted by molar-refractivity contribution is 7.14. The number of hydrogen-bond donors (Lipinski definition) is 2. The highest BCUT2D eigenvalue weighted by atomic mass is 32.1. The third-order valence-corrected chi connectivity index (χ3v) is 4.58. The molecule has 0 radical (unpaired) electrons. The Morgan fingerprint density at radius 1 is 0.926 bits per heavy atom. The first-order valence-electron chi connectivity index (χ1n) is 8.09. The molecule has 0 fully saturated rings. The lowest BCUT2D eigenvalue weighted by molar-refractivity contribution is 0.0390. The lowest BCUT2D eigenvalue weighted by atomic mass is 10.4. The molecule has 0 aliphatic heterocycles. The maximum absolute atomic E-state index is 11.9. The number of hydrogen-bond acceptors (Lipinski definition) is 10. The highest BCUT2D eigenvalue weighted by Crippen LogP contribution is 2.17. The molecule has 2 rings (SSSR count). The van der Waals surface area contributed by atoms with Gasteiger partial charge in [-0.15, -0.1) is 35.8 Å². The average molecular weight is 409 g/mol. The number of thiazole rings is 2. The Labute approximate surface area is 164 Å². The summed E-state index contributed by atoms with van der Waals surface area (Å²) in [5.74, 6) is -1.02. The quantitative estimate of drug-likeness (QED) is 0.314. The summed E-state index contributed by atoms with van der Waals surface area (Å²) >= 11 is 2.63. The van der Waals surface area contributed by atoms with Gasteiger partial charge in [0, 0.05) is 30.3 Å². The number of rotatable bonds is 12. The van der Waals surface area contributed by atoms with Crippen LogP contribution in [0.4, 0.5) is 10.3 Å². The van der Waals surface area contributed by atoms with E-state index in [1.165, 1.54) is 22.7 Å². The van der Waals surface area contributed by atoms with Crippen molar-refractivity contribution in [3.8, 4) is 0 Å². The van der Waals surface area contributed by atoms with E-state index >= 15 is 0 Å². The van der Waals surface area contributed by atoms with E-state index in [-0.39, 0.29) is 24.6 Å². The number of nitrogens with zero attached hydrogens (tertiary/aromatic N) is 2. The van der Waals surface area contributed by atoms with Crippen LogP contribution >= 0.6 is 22.7 Å². The second-order valence-corrected chi connectivity index (χ2v) is 6.76. The summed E-state index contributed by atoms with van der Waals surface area (Å²) in [6.07, 6.45) is 3.78. The van der Waals surface area contributed by atoms with Crippen LogP contribution in [0.3, 0.4) is 0 Å². The molecule has 0 bridgehead atoms. The molecule has 0 aliphatic rings. The van der Waals surface area contributed by atoms with Crippen molar-refractivity contribution in [2.45, 2.75) is 6.42 Å². The lowest BCUT2D eigenvalue weighted by Gasteiger charge is -2.04. The predicted molar refractivity (Wildman–Crippen MR) is 107 cm³/mol. The number of esters is 2. The molecule has 0 amide bonds. The zero-order valence-electron chi connectivity index (χ0n) is 14.6. The molecule has 0 saturated heterocycles. The summed E-state index contributed by atoms with van der Waals surface area (Å²) in [6, 6.07) is 0. The molecule has 2 aromatic rings. The normalized spacial score (nSPS) is 10.1. The third-order valence-electron chi connectivity index (χ3n) is 2.98. The number of carbonyl (C=O) groups is 2. The van der Waals surface area contributed by atoms with E-state index in [1.54, 1.807) is 22.9 Å². The number of nitrogens with one attached hydrogen (secondary N) is 2. The number of ether oxygens (including phenoxy) is 2. The smallest absolute Gasteiger partial charge is 0.357 e. The van der Waals surface area contributed by atoms with Crippen molar-refractivity contribution < 1.29 is 19.1 Å². The SMILES string of the molecule is C=CCNc1nc(C(=O)OCCCOC(=O)c2csc(NCC=C)n2)cs1. The van der Waals surface area contributed by atoms with Crippen LogP contribution in [0, 0.1) is 0 Å². The first-order valence-corrected chi connectivity index (χ1v) is 9.84. The largest absolute Gasteiger partial charge is 0.461 e. The Balaban J connectivity index is 1.64. The van der Waals surface area contributed by atoms with Gasteiger partial charge in [0.05, 0.1) is 13.2 Å². The monoisotopic (exact) mass is 408 g/mol. The highest BCUT2D eigenvalue weighted by Gasteiger charge is 2.13. The molecule has 0 aliphatic carbocycles. The average Bonchev–Trinajstić information content (AvgIpc) is 3.33. The van der Waals surface area contributed by atoms with Crippen LogP contribution in [0.1, 0.15) is 27.4 Å². The first-order chi connectivity index (χ1) is 13.1. The standard InChI is InChI=1S/C17H20N4O4S2/c1-3-6-18-16-20-12(10-26-16)14(22)24-8-5-9-25-15(23)13-11-27-17(21-13)19-7-4-2/h3-4,10-11H,1-2,5-9H2,(H,18,20)(H,19,21). The van der Waals surface area contributed by atoms with Gasteiger partial charge >= 0.3 is 11.9 Å². The van der Waals surface area contributed by atoms with Crippen molar-refractivity contribution in [3.05, 3.63) is 47.5 Å². The van der Waals surface area contributed by atoms with Crippen LogP contribution in [-0.2, 0) is 9.47 Å². The molecule has 8 nitrogen and oxygen atoms in total. The Bertz CT molecular complexity index is 723. The van der Waals surface area contributed by atoms with Crippen LogP contribution in [0.2, 0.25) is 0 Å². The number of anilines is 2. The van der Waals surface area contributed by atoms with Gasteiger partial charge in [0.25, 0.3) is 0 Å². The Morgan fingerprint density at radius 3 is 1.78 bits per heavy atom. The maximum atomic E-state index is 11.9. The predicted octanol–water partition coefficient (Wildman–Crippen LogP) is 3.20. The Hall–Kier alpha value is -2.72. The second-order valence-electron chi connectivity index (χ2n) is 5.04. The zero-order valence-corrected chi connectivity index (χ0v) is 16.2. The van der Waals surface area contributed by atoms with Gasteiger partial charge < -0.3 is 20.1 Å². The minimum absolute atomic E-state index is 0.127. The van der Waals surface area contributed by atoms with Crippen molar-refractivity contribution in [1.29, 1.82) is 0 Å². The molecule has 2 heterocycles. The van der Waals surface area contributed by atoms with Gasteiger partial charge in [0.2, 0.25) is 0 Å². The molecule has 2 N–H and O–H groups in total. The molecular weight excluding hydrogens is 388 g/mol. The maximum Gasteiger partial charge on any atom is 0.357 e. The van der Waals surface area contributed by atoms with E-state index in [9.17, 15) is 9.59 Å². The number of aromatic nitrogens is 2. The van der Waals surface area contributed by atoms with Crippen molar-refractivity contribution in [2.24, 2.45) is 0 Å². The van der Waals surface area contributed by atoms with Crippen molar-refractivity contribution in [3.63, 3.8) is 0 Å². The van der Waals surface area contributed by atoms with Crippen LogP contribution in [0.25, 0.3) is 0 Å². The van der Waals surface area contributed by atoms with Gasteiger partial charge in [0.15, 0.2) is 21.7 Å². The molecule has 144 valence electrons. The van der Waals surface area contributed by atoms with Gasteiger partial charge in [-0.3, -0.25) is 0 Å². The molecule has 27 heavy (non-hydrogen) atoms. The van der Waals surface area contributed by atoms with Gasteiger partial charge in [-0.05, 0) is 0 Å². The van der Waals surface area contributed by atoms with Crippen LogP contribution in [0.15, 0.2) is 36.1 Å². The van der Waals surface area contributed by atoms with Gasteiger partial charge in [-0.1, -0.05) is 12.2 Å². The fourth-order valence-corrected chi connectivity index (χ4v) is 3.13. The summed E-state index contributed by atoms with van der Waals surface area (Å²) in [4.78, 5) is 32.0. The zero-order chi connectivity index (χ0) is 19.5. The van der Waals surface area contributed by atoms with Crippen molar-refractivity contribution in [1.82, 2.24) is 9.97 Å². The van der Waals surface area contributed by atoms with E-state index in [0.717, 1.165) is 0 Å². The van der Waals surface area contributed by atoms with Gasteiger partial charge in [-0.25, -0.2) is 19.6 Å². The van der Waals surface area contributed by atoms with Gasteiger partial charge in [0.1, 0.15) is 0 Å². The molecule has 2 aromatic heterocycles. The minimum atomic E-state index is -0.512. The third kappa shape index (κ3) is 6.83. The van der Waals surface area contributed by atoms with E-state index in [2.05, 4.69) is 33.8 Å². The summed E-state index contributed by atoms with van der Waals surface area (Å²) in [5, 5.41) is 10.5. The van der Waals surface area contributed by atoms with E-state index in [1.807, 2.05) is 0 Å². The molecule has 0 spiro atoms. The fraction of sp³-hybridized carbons (Fsp3) is 0.294. The molecule has 10 heteroatoms. The summed E-state index contributed by atoms with van der Waals surface area (Å²) in [5.41, 5.74) is 0.483. The molecule has 0 unspecified atom stereocenters. The second kappa shape index (κ2) is 11.1. The number of carbonyl (C=O) groups excluding carboxylic acids is 2. The Kier molecular flexibility index (Phi) is 8.46.